The number of hydrogen-bond acceptors (Lipinski definition) is 5. The molecule has 170 valence electrons. The lowest BCUT2D eigenvalue weighted by Gasteiger charge is -2.15. The molecule has 0 aliphatic heterocycles. The van der Waals surface area contributed by atoms with Crippen molar-refractivity contribution in [1.29, 1.82) is 0 Å². The van der Waals surface area contributed by atoms with Gasteiger partial charge in [-0.2, -0.15) is 0 Å². The highest BCUT2D eigenvalue weighted by molar-refractivity contribution is 7.93. The number of methoxy groups -OCH3 is 1. The molecule has 0 unspecified atom stereocenters. The van der Waals surface area contributed by atoms with Gasteiger partial charge in [0.2, 0.25) is 0 Å². The van der Waals surface area contributed by atoms with Gasteiger partial charge in [-0.3, -0.25) is 9.44 Å². The molecule has 0 aromatic heterocycles. The predicted octanol–water partition coefficient (Wildman–Crippen LogP) is 4.88. The summed E-state index contributed by atoms with van der Waals surface area (Å²) in [6.45, 7) is 0. The van der Waals surface area contributed by atoms with Gasteiger partial charge in [0.25, 0.3) is 20.0 Å². The largest absolute Gasteiger partial charge is 0.495 e. The Bertz CT molecular complexity index is 1400. The van der Waals surface area contributed by atoms with Crippen LogP contribution in [0.5, 0.6) is 5.75 Å². The van der Waals surface area contributed by atoms with Crippen molar-refractivity contribution in [2.24, 2.45) is 0 Å². The number of halogens is 4. The smallest absolute Gasteiger partial charge is 0.265 e. The molecule has 0 bridgehead atoms. The third-order valence-corrected chi connectivity index (χ3v) is 7.46. The lowest BCUT2D eigenvalue weighted by molar-refractivity contribution is 0.402. The maximum atomic E-state index is 14.2. The van der Waals surface area contributed by atoms with Crippen molar-refractivity contribution in [1.82, 2.24) is 0 Å². The molecule has 0 aliphatic carbocycles. The second-order valence-corrected chi connectivity index (χ2v) is 10.4. The molecule has 0 saturated carbocycles. The number of benzene rings is 3. The van der Waals surface area contributed by atoms with E-state index in [1.165, 1.54) is 31.4 Å². The molecule has 13 heteroatoms. The predicted molar refractivity (Wildman–Crippen MR) is 117 cm³/mol. The van der Waals surface area contributed by atoms with Crippen LogP contribution >= 0.6 is 23.2 Å². The van der Waals surface area contributed by atoms with E-state index in [0.717, 1.165) is 30.3 Å². The molecule has 0 heterocycles. The molecular formula is C19H14Cl2F2N2O5S2. The van der Waals surface area contributed by atoms with E-state index in [-0.39, 0.29) is 15.8 Å². The first-order chi connectivity index (χ1) is 15.0. The molecule has 7 nitrogen and oxygen atoms in total. The van der Waals surface area contributed by atoms with Crippen LogP contribution in [-0.4, -0.2) is 23.9 Å². The molecule has 0 saturated heterocycles. The molecule has 0 spiro atoms. The molecule has 3 aromatic rings. The minimum atomic E-state index is -4.53. The lowest BCUT2D eigenvalue weighted by Crippen LogP contribution is -2.18. The van der Waals surface area contributed by atoms with E-state index in [4.69, 9.17) is 27.9 Å². The Labute approximate surface area is 193 Å². The Hall–Kier alpha value is -2.60. The van der Waals surface area contributed by atoms with Crippen molar-refractivity contribution in [3.63, 3.8) is 0 Å². The monoisotopic (exact) mass is 522 g/mol. The van der Waals surface area contributed by atoms with Gasteiger partial charge < -0.3 is 4.74 Å². The van der Waals surface area contributed by atoms with E-state index >= 15 is 0 Å². The number of nitrogens with one attached hydrogen (secondary N) is 2. The Morgan fingerprint density at radius 2 is 1.28 bits per heavy atom. The quantitative estimate of drug-likeness (QED) is 0.460. The molecule has 0 fully saturated rings. The van der Waals surface area contributed by atoms with E-state index in [9.17, 15) is 25.6 Å². The molecular weight excluding hydrogens is 509 g/mol. The maximum Gasteiger partial charge on any atom is 0.265 e. The van der Waals surface area contributed by atoms with Crippen LogP contribution in [0.25, 0.3) is 0 Å². The highest BCUT2D eigenvalue weighted by atomic mass is 35.5. The van der Waals surface area contributed by atoms with Gasteiger partial charge in [0.15, 0.2) is 11.6 Å². The Kier molecular flexibility index (Phi) is 6.84. The Morgan fingerprint density at radius 1 is 0.781 bits per heavy atom. The summed E-state index contributed by atoms with van der Waals surface area (Å²) in [4.78, 5) is -1.13. The van der Waals surface area contributed by atoms with E-state index in [1.807, 2.05) is 9.44 Å². The number of rotatable bonds is 7. The van der Waals surface area contributed by atoms with Gasteiger partial charge in [0, 0.05) is 0 Å². The normalized spacial score (nSPS) is 11.8. The van der Waals surface area contributed by atoms with Crippen LogP contribution in [-0.2, 0) is 20.0 Å². The first kappa shape index (κ1) is 24.1. The summed E-state index contributed by atoms with van der Waals surface area (Å²) in [5.41, 5.74) is -0.885. The van der Waals surface area contributed by atoms with Crippen molar-refractivity contribution in [3.8, 4) is 5.75 Å². The van der Waals surface area contributed by atoms with Gasteiger partial charge in [-0.15, -0.1) is 0 Å². The first-order valence-electron chi connectivity index (χ1n) is 8.58. The van der Waals surface area contributed by atoms with Gasteiger partial charge in [-0.05, 0) is 42.5 Å². The van der Waals surface area contributed by atoms with Crippen LogP contribution in [0.4, 0.5) is 20.2 Å². The Morgan fingerprint density at radius 3 is 1.78 bits per heavy atom. The summed E-state index contributed by atoms with van der Waals surface area (Å²) in [5.74, 6) is -2.23. The van der Waals surface area contributed by atoms with E-state index in [2.05, 4.69) is 0 Å². The van der Waals surface area contributed by atoms with Crippen LogP contribution in [0.3, 0.4) is 0 Å². The second kappa shape index (κ2) is 9.10. The fourth-order valence-corrected chi connectivity index (χ4v) is 5.37. The van der Waals surface area contributed by atoms with Crippen molar-refractivity contribution < 1.29 is 30.4 Å². The summed E-state index contributed by atoms with van der Waals surface area (Å²) in [7, 11) is -7.80. The first-order valence-corrected chi connectivity index (χ1v) is 12.3. The fraction of sp³-hybridized carbons (Fsp3) is 0.0526. The molecule has 0 atom stereocenters. The van der Waals surface area contributed by atoms with Crippen molar-refractivity contribution in [3.05, 3.63) is 76.3 Å². The second-order valence-electron chi connectivity index (χ2n) is 6.23. The zero-order valence-corrected chi connectivity index (χ0v) is 19.2. The number of ether oxygens (including phenoxy) is 1. The fourth-order valence-electron chi connectivity index (χ4n) is 2.60. The third-order valence-electron chi connectivity index (χ3n) is 4.13. The van der Waals surface area contributed by atoms with Crippen molar-refractivity contribution in [2.45, 2.75) is 9.79 Å². The number of sulfonamides is 2. The topological polar surface area (TPSA) is 102 Å². The van der Waals surface area contributed by atoms with Crippen LogP contribution in [0.1, 0.15) is 0 Å². The summed E-state index contributed by atoms with van der Waals surface area (Å²) in [5, 5.41) is -0.628. The number of anilines is 2. The minimum Gasteiger partial charge on any atom is -0.495 e. The lowest BCUT2D eigenvalue weighted by atomic mass is 10.3. The minimum absolute atomic E-state index is 0.215. The maximum absolute atomic E-state index is 14.2. The summed E-state index contributed by atoms with van der Waals surface area (Å²) in [6.07, 6.45) is 0. The van der Waals surface area contributed by atoms with Crippen molar-refractivity contribution >= 4 is 54.6 Å². The molecule has 0 radical (unpaired) electrons. The summed E-state index contributed by atoms with van der Waals surface area (Å²) >= 11 is 11.3. The zero-order valence-electron chi connectivity index (χ0n) is 16.1. The molecule has 0 aliphatic rings. The van der Waals surface area contributed by atoms with E-state index < -0.39 is 52.8 Å². The molecule has 32 heavy (non-hydrogen) atoms. The van der Waals surface area contributed by atoms with Gasteiger partial charge in [0.05, 0.1) is 33.4 Å². The highest BCUT2D eigenvalue weighted by Crippen LogP contribution is 2.32. The van der Waals surface area contributed by atoms with Crippen LogP contribution in [0.2, 0.25) is 10.0 Å². The average Bonchev–Trinajstić information content (AvgIpc) is 2.74. The van der Waals surface area contributed by atoms with Crippen LogP contribution < -0.4 is 14.2 Å². The highest BCUT2D eigenvalue weighted by Gasteiger charge is 2.26. The van der Waals surface area contributed by atoms with E-state index in [1.54, 1.807) is 0 Å². The average molecular weight is 523 g/mol. The van der Waals surface area contributed by atoms with Gasteiger partial charge in [-0.25, -0.2) is 25.6 Å². The molecule has 3 aromatic carbocycles. The molecule has 2 N–H and O–H groups in total. The Balaban J connectivity index is 2.04. The standard InChI is InChI=1S/C19H14Cl2F2N2O5S2/c1-30-16-9-8-11(31(26,27)24-14-6-2-4-12(20)18(14)22)10-17(16)32(28,29)25-15-7-3-5-13(21)19(15)23/h2-10,24-25H,1H3. The zero-order chi connectivity index (χ0) is 23.7. The summed E-state index contributed by atoms with van der Waals surface area (Å²) in [6, 6.07) is 10.3. The number of hydrogen-bond donors (Lipinski definition) is 2. The molecule has 0 amide bonds. The summed E-state index contributed by atoms with van der Waals surface area (Å²) < 4.78 is 88.6. The van der Waals surface area contributed by atoms with Gasteiger partial charge in [0.1, 0.15) is 10.6 Å². The van der Waals surface area contributed by atoms with Crippen LogP contribution in [0, 0.1) is 11.6 Å². The third kappa shape index (κ3) is 4.90. The molecule has 3 rings (SSSR count). The van der Waals surface area contributed by atoms with E-state index in [0.29, 0.717) is 0 Å². The SMILES string of the molecule is COc1ccc(S(=O)(=O)Nc2cccc(Cl)c2F)cc1S(=O)(=O)Nc1cccc(Cl)c1F. The van der Waals surface area contributed by atoms with Crippen LogP contribution in [0.15, 0.2) is 64.4 Å². The van der Waals surface area contributed by atoms with Gasteiger partial charge >= 0.3 is 0 Å². The van der Waals surface area contributed by atoms with Crippen molar-refractivity contribution in [2.75, 3.05) is 16.6 Å². The van der Waals surface area contributed by atoms with Gasteiger partial charge in [-0.1, -0.05) is 35.3 Å².